The normalized spacial score (nSPS) is 29.0. The lowest BCUT2D eigenvalue weighted by Gasteiger charge is -2.32. The van der Waals surface area contributed by atoms with Crippen LogP contribution in [0.2, 0.25) is 0 Å². The van der Waals surface area contributed by atoms with E-state index in [1.165, 1.54) is 63.5 Å². The van der Waals surface area contributed by atoms with Crippen LogP contribution in [0.1, 0.15) is 76.6 Å². The fourth-order valence-electron chi connectivity index (χ4n) is 4.39. The van der Waals surface area contributed by atoms with Crippen molar-refractivity contribution in [2.75, 3.05) is 13.2 Å². The lowest BCUT2D eigenvalue weighted by atomic mass is 9.77. The minimum Gasteiger partial charge on any atom is -0.348 e. The van der Waals surface area contributed by atoms with Crippen molar-refractivity contribution in [1.29, 1.82) is 0 Å². The van der Waals surface area contributed by atoms with Gasteiger partial charge in [0.2, 0.25) is 0 Å². The first kappa shape index (κ1) is 21.2. The predicted octanol–water partition coefficient (Wildman–Crippen LogP) is 7.17. The van der Waals surface area contributed by atoms with Gasteiger partial charge in [0.25, 0.3) is 0 Å². The molecule has 1 saturated carbocycles. The lowest BCUT2D eigenvalue weighted by Crippen LogP contribution is -2.28. The van der Waals surface area contributed by atoms with Crippen LogP contribution in [0.15, 0.2) is 16.6 Å². The Bertz CT molecular complexity index is 571. The van der Waals surface area contributed by atoms with Gasteiger partial charge in [0, 0.05) is 11.5 Å². The molecule has 1 saturated heterocycles. The van der Waals surface area contributed by atoms with Crippen LogP contribution >= 0.6 is 15.9 Å². The van der Waals surface area contributed by atoms with E-state index < -0.39 is 17.9 Å². The molecule has 1 heterocycles. The zero-order valence-electron chi connectivity index (χ0n) is 16.2. The molecule has 3 rings (SSSR count). The summed E-state index contributed by atoms with van der Waals surface area (Å²) in [6.45, 7) is 3.46. The number of ether oxygens (including phenoxy) is 2. The van der Waals surface area contributed by atoms with Crippen LogP contribution in [0.3, 0.4) is 0 Å². The monoisotopic (exact) mass is 444 g/mol. The molecule has 1 aliphatic carbocycles. The molecule has 1 aromatic rings. The zero-order valence-corrected chi connectivity index (χ0v) is 17.8. The van der Waals surface area contributed by atoms with E-state index in [1.807, 2.05) is 0 Å². The highest BCUT2D eigenvalue weighted by Gasteiger charge is 2.27. The second kappa shape index (κ2) is 10.3. The van der Waals surface area contributed by atoms with Crippen molar-refractivity contribution in [3.63, 3.8) is 0 Å². The van der Waals surface area contributed by atoms with Crippen molar-refractivity contribution in [3.05, 3.63) is 33.8 Å². The van der Waals surface area contributed by atoms with E-state index in [-0.39, 0.29) is 4.47 Å². The molecular weight excluding hydrogens is 414 g/mol. The summed E-state index contributed by atoms with van der Waals surface area (Å²) in [5.41, 5.74) is 0.400. The lowest BCUT2D eigenvalue weighted by molar-refractivity contribution is -0.206. The summed E-state index contributed by atoms with van der Waals surface area (Å²) in [7, 11) is 0. The number of unbranched alkanes of at least 4 members (excludes halogenated alkanes) is 1. The molecule has 2 nitrogen and oxygen atoms in total. The van der Waals surface area contributed by atoms with Crippen LogP contribution in [-0.4, -0.2) is 13.2 Å². The third-order valence-corrected chi connectivity index (χ3v) is 6.92. The number of rotatable bonds is 7. The SMILES string of the molecule is CCCC[C@H]1CC[C@H](CCC2COC(c3cc(F)c(Br)c(F)c3)OC2)CC1. The molecule has 5 heteroatoms. The molecule has 27 heavy (non-hydrogen) atoms. The highest BCUT2D eigenvalue weighted by molar-refractivity contribution is 9.10. The summed E-state index contributed by atoms with van der Waals surface area (Å²) in [6, 6.07) is 2.55. The van der Waals surface area contributed by atoms with Crippen LogP contribution < -0.4 is 0 Å². The fraction of sp³-hybridized carbons (Fsp3) is 0.727. The van der Waals surface area contributed by atoms with Gasteiger partial charge in [0.05, 0.1) is 17.7 Å². The van der Waals surface area contributed by atoms with Gasteiger partial charge in [-0.05, 0) is 46.3 Å². The van der Waals surface area contributed by atoms with E-state index in [0.717, 1.165) is 18.3 Å². The molecule has 0 spiro atoms. The van der Waals surface area contributed by atoms with Crippen molar-refractivity contribution in [1.82, 2.24) is 0 Å². The third kappa shape index (κ3) is 5.98. The first-order valence-corrected chi connectivity index (χ1v) is 11.2. The van der Waals surface area contributed by atoms with Crippen molar-refractivity contribution in [3.8, 4) is 0 Å². The maximum absolute atomic E-state index is 13.7. The first-order chi connectivity index (χ1) is 13.1. The second-order valence-corrected chi connectivity index (χ2v) is 9.06. The Hall–Kier alpha value is -0.520. The molecular formula is C22H31BrF2O2. The van der Waals surface area contributed by atoms with E-state index in [9.17, 15) is 8.78 Å². The van der Waals surface area contributed by atoms with E-state index in [4.69, 9.17) is 9.47 Å². The van der Waals surface area contributed by atoms with Gasteiger partial charge in [-0.15, -0.1) is 0 Å². The van der Waals surface area contributed by atoms with E-state index in [1.54, 1.807) is 0 Å². The fourth-order valence-corrected chi connectivity index (χ4v) is 4.62. The third-order valence-electron chi connectivity index (χ3n) is 6.16. The number of hydrogen-bond acceptors (Lipinski definition) is 2. The molecule has 0 unspecified atom stereocenters. The Morgan fingerprint density at radius 2 is 1.41 bits per heavy atom. The molecule has 0 bridgehead atoms. The van der Waals surface area contributed by atoms with Crippen LogP contribution in [0, 0.1) is 29.4 Å². The second-order valence-electron chi connectivity index (χ2n) is 8.27. The van der Waals surface area contributed by atoms with Crippen LogP contribution in [-0.2, 0) is 9.47 Å². The number of hydrogen-bond donors (Lipinski definition) is 0. The van der Waals surface area contributed by atoms with Crippen molar-refractivity contribution < 1.29 is 18.3 Å². The molecule has 2 aliphatic rings. The summed E-state index contributed by atoms with van der Waals surface area (Å²) in [6.07, 6.45) is 11.3. The molecule has 1 aromatic carbocycles. The van der Waals surface area contributed by atoms with Crippen LogP contribution in [0.5, 0.6) is 0 Å². The molecule has 2 fully saturated rings. The zero-order chi connectivity index (χ0) is 19.2. The largest absolute Gasteiger partial charge is 0.348 e. The van der Waals surface area contributed by atoms with Gasteiger partial charge in [0.15, 0.2) is 6.29 Å². The number of halogens is 3. The average Bonchev–Trinajstić information content (AvgIpc) is 2.69. The summed E-state index contributed by atoms with van der Waals surface area (Å²) in [4.78, 5) is 0. The van der Waals surface area contributed by atoms with Gasteiger partial charge < -0.3 is 9.47 Å². The minimum atomic E-state index is -0.674. The molecule has 0 radical (unpaired) electrons. The molecule has 0 N–H and O–H groups in total. The van der Waals surface area contributed by atoms with E-state index >= 15 is 0 Å². The van der Waals surface area contributed by atoms with E-state index in [2.05, 4.69) is 22.9 Å². The smallest absolute Gasteiger partial charge is 0.184 e. The van der Waals surface area contributed by atoms with Gasteiger partial charge in [-0.2, -0.15) is 0 Å². The van der Waals surface area contributed by atoms with Gasteiger partial charge in [-0.25, -0.2) is 8.78 Å². The topological polar surface area (TPSA) is 18.5 Å². The number of benzene rings is 1. The Morgan fingerprint density at radius 3 is 1.96 bits per heavy atom. The van der Waals surface area contributed by atoms with E-state index in [0.29, 0.717) is 24.7 Å². The van der Waals surface area contributed by atoms with Crippen molar-refractivity contribution >= 4 is 15.9 Å². The highest BCUT2D eigenvalue weighted by Crippen LogP contribution is 2.36. The molecule has 0 aromatic heterocycles. The Morgan fingerprint density at radius 1 is 0.889 bits per heavy atom. The van der Waals surface area contributed by atoms with Gasteiger partial charge in [-0.3, -0.25) is 0 Å². The average molecular weight is 445 g/mol. The van der Waals surface area contributed by atoms with Crippen molar-refractivity contribution in [2.45, 2.75) is 71.0 Å². The standard InChI is InChI=1S/C22H31BrF2O2/c1-2-3-4-15-5-7-16(8-6-15)9-10-17-13-26-22(27-14-17)18-11-19(24)21(23)20(25)12-18/h11-12,15-17,22H,2-10,13-14H2,1H3/t15-,16-,17?,22?. The maximum Gasteiger partial charge on any atom is 0.184 e. The molecule has 0 amide bonds. The summed E-state index contributed by atoms with van der Waals surface area (Å²) < 4.78 is 38.8. The summed E-state index contributed by atoms with van der Waals surface area (Å²) in [5.74, 6) is 0.914. The first-order valence-electron chi connectivity index (χ1n) is 10.4. The summed E-state index contributed by atoms with van der Waals surface area (Å²) >= 11 is 2.89. The predicted molar refractivity (Wildman–Crippen MR) is 106 cm³/mol. The summed E-state index contributed by atoms with van der Waals surface area (Å²) in [5, 5.41) is 0. The van der Waals surface area contributed by atoms with Crippen molar-refractivity contribution in [2.24, 2.45) is 17.8 Å². The minimum absolute atomic E-state index is 0.149. The van der Waals surface area contributed by atoms with Crippen LogP contribution in [0.25, 0.3) is 0 Å². The van der Waals surface area contributed by atoms with Gasteiger partial charge in [-0.1, -0.05) is 58.3 Å². The molecule has 1 aliphatic heterocycles. The van der Waals surface area contributed by atoms with Crippen LogP contribution in [0.4, 0.5) is 8.78 Å². The Balaban J connectivity index is 1.38. The van der Waals surface area contributed by atoms with Gasteiger partial charge >= 0.3 is 0 Å². The highest BCUT2D eigenvalue weighted by atomic mass is 79.9. The quantitative estimate of drug-likeness (QED) is 0.415. The Kier molecular flexibility index (Phi) is 8.10. The molecule has 0 atom stereocenters. The van der Waals surface area contributed by atoms with Gasteiger partial charge in [0.1, 0.15) is 11.6 Å². The Labute approximate surface area is 170 Å². The molecule has 152 valence electrons. The maximum atomic E-state index is 13.7.